The summed E-state index contributed by atoms with van der Waals surface area (Å²) in [5.74, 6) is 0.769. The van der Waals surface area contributed by atoms with Crippen LogP contribution in [0.4, 0.5) is 0 Å². The zero-order chi connectivity index (χ0) is 13.0. The van der Waals surface area contributed by atoms with Gasteiger partial charge >= 0.3 is 0 Å². The van der Waals surface area contributed by atoms with Gasteiger partial charge < -0.3 is 10.5 Å². The van der Waals surface area contributed by atoms with Crippen LogP contribution in [0.15, 0.2) is 36.7 Å². The second-order valence-corrected chi connectivity index (χ2v) is 3.80. The summed E-state index contributed by atoms with van der Waals surface area (Å²) >= 11 is 0. The van der Waals surface area contributed by atoms with Gasteiger partial charge in [0.2, 0.25) is 0 Å². The average molecular weight is 239 g/mol. The van der Waals surface area contributed by atoms with Crippen molar-refractivity contribution < 1.29 is 4.74 Å². The van der Waals surface area contributed by atoms with E-state index in [9.17, 15) is 0 Å². The highest BCUT2D eigenvalue weighted by atomic mass is 16.5. The van der Waals surface area contributed by atoms with E-state index in [0.29, 0.717) is 12.1 Å². The Hall–Kier alpha value is -2.38. The Morgan fingerprint density at radius 1 is 1.28 bits per heavy atom. The predicted molar refractivity (Wildman–Crippen MR) is 68.8 cm³/mol. The first-order valence-corrected chi connectivity index (χ1v) is 5.51. The molecule has 0 fully saturated rings. The lowest BCUT2D eigenvalue weighted by Crippen LogP contribution is -2.00. The number of hydrogen-bond acceptors (Lipinski definition) is 4. The van der Waals surface area contributed by atoms with Crippen LogP contribution in [-0.4, -0.2) is 12.1 Å². The van der Waals surface area contributed by atoms with Gasteiger partial charge in [-0.1, -0.05) is 6.07 Å². The van der Waals surface area contributed by atoms with Crippen LogP contribution in [0.3, 0.4) is 0 Å². The number of aromatic nitrogens is 1. The number of methoxy groups -OCH3 is 1. The van der Waals surface area contributed by atoms with Crippen LogP contribution in [0.5, 0.6) is 5.75 Å². The van der Waals surface area contributed by atoms with E-state index in [1.165, 1.54) is 6.20 Å². The van der Waals surface area contributed by atoms with Gasteiger partial charge in [0, 0.05) is 30.1 Å². The Labute approximate surface area is 106 Å². The molecule has 2 N–H and O–H groups in total. The lowest BCUT2D eigenvalue weighted by molar-refractivity contribution is 0.410. The van der Waals surface area contributed by atoms with Crippen LogP contribution < -0.4 is 10.5 Å². The number of pyridine rings is 1. The van der Waals surface area contributed by atoms with Crippen molar-refractivity contribution in [3.63, 3.8) is 0 Å². The van der Waals surface area contributed by atoms with Crippen LogP contribution in [-0.2, 0) is 6.54 Å². The largest absolute Gasteiger partial charge is 0.496 e. The van der Waals surface area contributed by atoms with Crippen molar-refractivity contribution in [1.82, 2.24) is 4.98 Å². The fraction of sp³-hybridized carbons (Fsp3) is 0.143. The van der Waals surface area contributed by atoms with E-state index in [2.05, 4.69) is 11.1 Å². The molecule has 0 amide bonds. The van der Waals surface area contributed by atoms with Crippen LogP contribution in [0.2, 0.25) is 0 Å². The Kier molecular flexibility index (Phi) is 3.56. The number of ether oxygens (including phenoxy) is 1. The number of nitrogens with zero attached hydrogens (tertiary/aromatic N) is 2. The maximum atomic E-state index is 8.86. The van der Waals surface area contributed by atoms with Gasteiger partial charge in [-0.2, -0.15) is 5.26 Å². The van der Waals surface area contributed by atoms with E-state index in [-0.39, 0.29) is 0 Å². The van der Waals surface area contributed by atoms with Crippen molar-refractivity contribution in [2.24, 2.45) is 5.73 Å². The molecule has 90 valence electrons. The van der Waals surface area contributed by atoms with Crippen LogP contribution in [0.1, 0.15) is 11.1 Å². The zero-order valence-electron chi connectivity index (χ0n) is 10.1. The molecule has 18 heavy (non-hydrogen) atoms. The average Bonchev–Trinajstić information content (AvgIpc) is 2.46. The van der Waals surface area contributed by atoms with E-state index in [0.717, 1.165) is 22.4 Å². The second-order valence-electron chi connectivity index (χ2n) is 3.80. The first-order valence-electron chi connectivity index (χ1n) is 5.51. The molecule has 4 nitrogen and oxygen atoms in total. The van der Waals surface area contributed by atoms with Gasteiger partial charge in [0.25, 0.3) is 0 Å². The molecule has 4 heteroatoms. The maximum absolute atomic E-state index is 8.86. The minimum Gasteiger partial charge on any atom is -0.496 e. The summed E-state index contributed by atoms with van der Waals surface area (Å²) in [6, 6.07) is 9.63. The molecule has 0 aliphatic heterocycles. The first-order chi connectivity index (χ1) is 8.78. The molecule has 1 aromatic carbocycles. The van der Waals surface area contributed by atoms with Gasteiger partial charge in [0.1, 0.15) is 11.8 Å². The summed E-state index contributed by atoms with van der Waals surface area (Å²) < 4.78 is 5.22. The summed E-state index contributed by atoms with van der Waals surface area (Å²) in [5.41, 5.74) is 9.02. The molecule has 0 aliphatic carbocycles. The van der Waals surface area contributed by atoms with Gasteiger partial charge in [0.05, 0.1) is 12.7 Å². The lowest BCUT2D eigenvalue weighted by Gasteiger charge is -2.09. The molecule has 0 radical (unpaired) electrons. The minimum atomic E-state index is 0.405. The van der Waals surface area contributed by atoms with Crippen LogP contribution in [0.25, 0.3) is 11.1 Å². The van der Waals surface area contributed by atoms with Crippen LogP contribution in [0, 0.1) is 11.3 Å². The summed E-state index contributed by atoms with van der Waals surface area (Å²) in [6.07, 6.45) is 3.26. The highest BCUT2D eigenvalue weighted by molar-refractivity contribution is 5.66. The highest BCUT2D eigenvalue weighted by Gasteiger charge is 2.05. The van der Waals surface area contributed by atoms with Crippen molar-refractivity contribution in [3.05, 3.63) is 47.8 Å². The molecule has 0 unspecified atom stereocenters. The Morgan fingerprint density at radius 2 is 2.11 bits per heavy atom. The number of nitriles is 1. The van der Waals surface area contributed by atoms with Gasteiger partial charge in [-0.05, 0) is 23.8 Å². The Bertz CT molecular complexity index is 602. The normalized spacial score (nSPS) is 9.83. The molecule has 0 bridgehead atoms. The Balaban J connectivity index is 2.48. The molecule has 0 aliphatic rings. The standard InChI is InChI=1S/C14H13N3O/c1-18-14-3-2-11(5-12(14)7-16)13-4-10(6-15)8-17-9-13/h2-5,8-9H,7,16H2,1H3. The van der Waals surface area contributed by atoms with E-state index < -0.39 is 0 Å². The summed E-state index contributed by atoms with van der Waals surface area (Å²) in [6.45, 7) is 0.405. The van der Waals surface area contributed by atoms with Gasteiger partial charge in [-0.25, -0.2) is 0 Å². The minimum absolute atomic E-state index is 0.405. The van der Waals surface area contributed by atoms with Crippen LogP contribution >= 0.6 is 0 Å². The number of nitrogens with two attached hydrogens (primary N) is 1. The molecule has 2 aromatic rings. The quantitative estimate of drug-likeness (QED) is 0.890. The monoisotopic (exact) mass is 239 g/mol. The molecule has 0 spiro atoms. The third-order valence-corrected chi connectivity index (χ3v) is 2.70. The molecular formula is C14H13N3O. The topological polar surface area (TPSA) is 71.9 Å². The summed E-state index contributed by atoms with van der Waals surface area (Å²) in [5, 5.41) is 8.86. The summed E-state index contributed by atoms with van der Waals surface area (Å²) in [7, 11) is 1.62. The Morgan fingerprint density at radius 3 is 2.78 bits per heavy atom. The smallest absolute Gasteiger partial charge is 0.123 e. The molecule has 0 atom stereocenters. The van der Waals surface area contributed by atoms with Crippen molar-refractivity contribution in [1.29, 1.82) is 5.26 Å². The van der Waals surface area contributed by atoms with Gasteiger partial charge in [-0.3, -0.25) is 4.98 Å². The molecule has 2 rings (SSSR count). The van der Waals surface area contributed by atoms with E-state index in [4.69, 9.17) is 15.7 Å². The SMILES string of the molecule is COc1ccc(-c2cncc(C#N)c2)cc1CN. The van der Waals surface area contributed by atoms with Crippen molar-refractivity contribution in [2.75, 3.05) is 7.11 Å². The van der Waals surface area contributed by atoms with Gasteiger partial charge in [0.15, 0.2) is 0 Å². The predicted octanol–water partition coefficient (Wildman–Crippen LogP) is 2.09. The molecule has 1 heterocycles. The van der Waals surface area contributed by atoms with E-state index in [1.807, 2.05) is 18.2 Å². The third-order valence-electron chi connectivity index (χ3n) is 2.70. The molecule has 1 aromatic heterocycles. The van der Waals surface area contributed by atoms with E-state index in [1.54, 1.807) is 19.4 Å². The number of hydrogen-bond donors (Lipinski definition) is 1. The number of benzene rings is 1. The number of rotatable bonds is 3. The van der Waals surface area contributed by atoms with E-state index >= 15 is 0 Å². The molecule has 0 saturated heterocycles. The van der Waals surface area contributed by atoms with Crippen molar-refractivity contribution >= 4 is 0 Å². The lowest BCUT2D eigenvalue weighted by atomic mass is 10.0. The van der Waals surface area contributed by atoms with Gasteiger partial charge in [-0.15, -0.1) is 0 Å². The fourth-order valence-electron chi connectivity index (χ4n) is 1.78. The van der Waals surface area contributed by atoms with Crippen molar-refractivity contribution in [2.45, 2.75) is 6.54 Å². The molecular weight excluding hydrogens is 226 g/mol. The maximum Gasteiger partial charge on any atom is 0.123 e. The molecule has 0 saturated carbocycles. The first kappa shape index (κ1) is 12.1. The summed E-state index contributed by atoms with van der Waals surface area (Å²) in [4.78, 5) is 4.04. The fourth-order valence-corrected chi connectivity index (χ4v) is 1.78. The zero-order valence-corrected chi connectivity index (χ0v) is 10.1. The highest BCUT2D eigenvalue weighted by Crippen LogP contribution is 2.26. The second kappa shape index (κ2) is 5.30. The van der Waals surface area contributed by atoms with Crippen molar-refractivity contribution in [3.8, 4) is 22.9 Å². The third kappa shape index (κ3) is 2.31.